The summed E-state index contributed by atoms with van der Waals surface area (Å²) >= 11 is 0. The molecule has 14 nitrogen and oxygen atoms in total. The fourth-order valence-electron chi connectivity index (χ4n) is 9.13. The lowest BCUT2D eigenvalue weighted by molar-refractivity contribution is -0.359. The second kappa shape index (κ2) is 48.4. The van der Waals surface area contributed by atoms with E-state index in [-0.39, 0.29) is 18.9 Å². The average molecular weight is 1100 g/mol. The Morgan fingerprint density at radius 1 is 0.474 bits per heavy atom. The number of aliphatic hydroxyl groups is 8. The molecule has 9 N–H and O–H groups in total. The molecule has 2 rings (SSSR count). The highest BCUT2D eigenvalue weighted by molar-refractivity contribution is 5.76. The summed E-state index contributed by atoms with van der Waals surface area (Å²) in [5, 5.41) is 87.1. The summed E-state index contributed by atoms with van der Waals surface area (Å²) in [7, 11) is 0. The zero-order valence-corrected chi connectivity index (χ0v) is 47.9. The van der Waals surface area contributed by atoms with E-state index in [1.807, 2.05) is 6.08 Å². The molecule has 2 aliphatic rings. The van der Waals surface area contributed by atoms with E-state index < -0.39 is 86.8 Å². The highest BCUT2D eigenvalue weighted by Crippen LogP contribution is 2.30. The van der Waals surface area contributed by atoms with Crippen LogP contribution in [0.3, 0.4) is 0 Å². The standard InChI is InChI=1S/C64H107NO13/c1-3-5-7-9-11-13-15-17-19-21-22-23-24-25-26-27-28-29-30-32-34-36-38-40-42-44-46-48-56(69)65-52(53(68)47-45-43-41-39-37-35-33-31-20-18-16-14-12-10-8-6-4-2)51-75-63-61(74)59(72)62(55(50-67)77-63)78-64-60(73)58(71)57(70)54(49-66)76-64/h5,7,11,13,17,19,22-23,25-26,28-29,32,34,38,40,45,47,52-55,57-64,66-68,70-74H,3-4,6,8-10,12,14-16,18,20-21,24,27,30-31,33,35-37,39,41-44,46,48-51H2,1-2H3,(H,65,69)/b7-5-,13-11-,19-17-,23-22-,26-25-,29-28-,34-32-,40-38-,47-45+. The monoisotopic (exact) mass is 1100 g/mol. The third-order valence-electron chi connectivity index (χ3n) is 14.0. The van der Waals surface area contributed by atoms with Crippen LogP contribution in [0.15, 0.2) is 109 Å². The summed E-state index contributed by atoms with van der Waals surface area (Å²) in [6, 6.07) is -0.946. The number of carbonyl (C=O) groups is 1. The smallest absolute Gasteiger partial charge is 0.220 e. The van der Waals surface area contributed by atoms with Crippen molar-refractivity contribution in [1.29, 1.82) is 0 Å². The predicted octanol–water partition coefficient (Wildman–Crippen LogP) is 10.4. The molecule has 14 heteroatoms. The number of allylic oxidation sites excluding steroid dienone is 17. The molecule has 2 heterocycles. The van der Waals surface area contributed by atoms with Crippen LogP contribution in [-0.2, 0) is 23.7 Å². The Hall–Kier alpha value is -3.35. The number of hydrogen-bond acceptors (Lipinski definition) is 13. The van der Waals surface area contributed by atoms with E-state index in [1.54, 1.807) is 6.08 Å². The summed E-state index contributed by atoms with van der Waals surface area (Å²) in [5.41, 5.74) is 0. The molecule has 0 aromatic rings. The van der Waals surface area contributed by atoms with E-state index in [0.717, 1.165) is 89.9 Å². The lowest BCUT2D eigenvalue weighted by Gasteiger charge is -2.46. The largest absolute Gasteiger partial charge is 0.394 e. The van der Waals surface area contributed by atoms with E-state index in [2.05, 4.69) is 116 Å². The van der Waals surface area contributed by atoms with Gasteiger partial charge in [-0.2, -0.15) is 0 Å². The third-order valence-corrected chi connectivity index (χ3v) is 14.0. The van der Waals surface area contributed by atoms with Crippen molar-refractivity contribution in [3.8, 4) is 0 Å². The number of unbranched alkanes of at least 4 members (excludes halogenated alkanes) is 17. The lowest BCUT2D eigenvalue weighted by atomic mass is 9.97. The summed E-state index contributed by atoms with van der Waals surface area (Å²) < 4.78 is 22.7. The first kappa shape index (κ1) is 70.8. The van der Waals surface area contributed by atoms with Crippen molar-refractivity contribution in [2.45, 2.75) is 267 Å². The first-order chi connectivity index (χ1) is 38.1. The molecule has 0 aromatic heterocycles. The van der Waals surface area contributed by atoms with Crippen LogP contribution >= 0.6 is 0 Å². The summed E-state index contributed by atoms with van der Waals surface area (Å²) in [6.07, 6.45) is 51.2. The van der Waals surface area contributed by atoms with Crippen molar-refractivity contribution in [3.63, 3.8) is 0 Å². The van der Waals surface area contributed by atoms with Crippen LogP contribution in [0, 0.1) is 0 Å². The second-order valence-corrected chi connectivity index (χ2v) is 20.7. The molecule has 2 saturated heterocycles. The number of hydrogen-bond donors (Lipinski definition) is 9. The Morgan fingerprint density at radius 3 is 1.36 bits per heavy atom. The molecule has 446 valence electrons. The van der Waals surface area contributed by atoms with Gasteiger partial charge in [0.05, 0.1) is 32.0 Å². The second-order valence-electron chi connectivity index (χ2n) is 20.7. The minimum atomic E-state index is -1.80. The number of amides is 1. The van der Waals surface area contributed by atoms with E-state index in [9.17, 15) is 45.6 Å². The Morgan fingerprint density at radius 2 is 0.885 bits per heavy atom. The van der Waals surface area contributed by atoms with Crippen molar-refractivity contribution in [3.05, 3.63) is 109 Å². The zero-order valence-electron chi connectivity index (χ0n) is 47.9. The van der Waals surface area contributed by atoms with Crippen LogP contribution < -0.4 is 5.32 Å². The molecule has 12 unspecified atom stereocenters. The Bertz CT molecular complexity index is 1720. The molecule has 2 aliphatic heterocycles. The number of carbonyl (C=O) groups excluding carboxylic acids is 1. The topological polar surface area (TPSA) is 228 Å². The van der Waals surface area contributed by atoms with E-state index in [1.165, 1.54) is 77.0 Å². The van der Waals surface area contributed by atoms with Crippen LogP contribution in [0.5, 0.6) is 0 Å². The molecule has 0 aliphatic carbocycles. The highest BCUT2D eigenvalue weighted by atomic mass is 16.7. The SMILES string of the molecule is CC/C=C\C/C=C\C/C=C\C/C=C\C/C=C\C/C=C\C/C=C\C/C=C\CCCCC(=O)NC(COC1OC(CO)C(OC2OC(CO)C(O)C(O)C2O)C(O)C1O)C(O)/C=C/CCCCCCCCCCCCCCCCC. The van der Waals surface area contributed by atoms with Gasteiger partial charge in [-0.25, -0.2) is 0 Å². The Balaban J connectivity index is 1.79. The van der Waals surface area contributed by atoms with Gasteiger partial charge in [0.15, 0.2) is 12.6 Å². The minimum Gasteiger partial charge on any atom is -0.394 e. The van der Waals surface area contributed by atoms with Crippen molar-refractivity contribution in [2.75, 3.05) is 19.8 Å². The van der Waals surface area contributed by atoms with Gasteiger partial charge >= 0.3 is 0 Å². The van der Waals surface area contributed by atoms with Crippen LogP contribution in [0.1, 0.15) is 194 Å². The molecule has 12 atom stereocenters. The number of ether oxygens (including phenoxy) is 4. The average Bonchev–Trinajstić information content (AvgIpc) is 3.44. The van der Waals surface area contributed by atoms with Crippen molar-refractivity contribution in [1.82, 2.24) is 5.32 Å². The van der Waals surface area contributed by atoms with Gasteiger partial charge in [0.25, 0.3) is 0 Å². The first-order valence-electron chi connectivity index (χ1n) is 30.1. The summed E-state index contributed by atoms with van der Waals surface area (Å²) in [4.78, 5) is 13.2. The van der Waals surface area contributed by atoms with E-state index in [0.29, 0.717) is 6.42 Å². The van der Waals surface area contributed by atoms with Crippen molar-refractivity contribution >= 4 is 5.91 Å². The Labute approximate surface area is 470 Å². The molecule has 0 saturated carbocycles. The molecule has 0 aromatic carbocycles. The van der Waals surface area contributed by atoms with Crippen molar-refractivity contribution < 1.29 is 64.6 Å². The maximum atomic E-state index is 13.2. The van der Waals surface area contributed by atoms with Gasteiger partial charge in [-0.1, -0.05) is 213 Å². The molecule has 78 heavy (non-hydrogen) atoms. The molecule has 1 amide bonds. The molecular weight excluding hydrogens is 991 g/mol. The van der Waals surface area contributed by atoms with Crippen molar-refractivity contribution in [2.24, 2.45) is 0 Å². The van der Waals surface area contributed by atoms with Gasteiger partial charge in [0, 0.05) is 6.42 Å². The summed E-state index contributed by atoms with van der Waals surface area (Å²) in [6.45, 7) is 2.64. The van der Waals surface area contributed by atoms with Gasteiger partial charge in [0.1, 0.15) is 48.8 Å². The first-order valence-corrected chi connectivity index (χ1v) is 30.1. The number of rotatable bonds is 46. The van der Waals surface area contributed by atoms with Crippen LogP contribution in [0.25, 0.3) is 0 Å². The van der Waals surface area contributed by atoms with Gasteiger partial charge < -0.3 is 65.1 Å². The molecule has 0 bridgehead atoms. The van der Waals surface area contributed by atoms with Crippen LogP contribution in [-0.4, -0.2) is 140 Å². The van der Waals surface area contributed by atoms with Crippen LogP contribution in [0.4, 0.5) is 0 Å². The Kier molecular flexibility index (Phi) is 43.9. The predicted molar refractivity (Wildman–Crippen MR) is 313 cm³/mol. The molecule has 0 spiro atoms. The van der Waals surface area contributed by atoms with Gasteiger partial charge in [-0.15, -0.1) is 0 Å². The maximum absolute atomic E-state index is 13.2. The number of aliphatic hydroxyl groups excluding tert-OH is 8. The third kappa shape index (κ3) is 33.4. The van der Waals surface area contributed by atoms with Gasteiger partial charge in [0.2, 0.25) is 5.91 Å². The molecule has 2 fully saturated rings. The highest BCUT2D eigenvalue weighted by Gasteiger charge is 2.51. The zero-order chi connectivity index (χ0) is 56.7. The van der Waals surface area contributed by atoms with E-state index >= 15 is 0 Å². The van der Waals surface area contributed by atoms with Gasteiger partial charge in [-0.05, 0) is 83.5 Å². The summed E-state index contributed by atoms with van der Waals surface area (Å²) in [5.74, 6) is -0.286. The molecule has 0 radical (unpaired) electrons. The normalized spacial score (nSPS) is 25.4. The molecular formula is C64H107NO13. The maximum Gasteiger partial charge on any atom is 0.220 e. The fraction of sp³-hybridized carbons (Fsp3) is 0.703. The lowest BCUT2D eigenvalue weighted by Crippen LogP contribution is -2.65. The fourth-order valence-corrected chi connectivity index (χ4v) is 9.13. The minimum absolute atomic E-state index is 0.219. The quantitative estimate of drug-likeness (QED) is 0.0204. The number of nitrogens with one attached hydrogen (secondary N) is 1. The van der Waals surface area contributed by atoms with Gasteiger partial charge in [-0.3, -0.25) is 4.79 Å². The van der Waals surface area contributed by atoms with Crippen LogP contribution in [0.2, 0.25) is 0 Å². The van der Waals surface area contributed by atoms with E-state index in [4.69, 9.17) is 18.9 Å².